The molecular formula is C16H28N4. The van der Waals surface area contributed by atoms with E-state index in [1.54, 1.807) is 0 Å². The van der Waals surface area contributed by atoms with Gasteiger partial charge in [0.25, 0.3) is 0 Å². The van der Waals surface area contributed by atoms with Crippen LogP contribution in [0.25, 0.3) is 0 Å². The smallest absolute Gasteiger partial charge is 0.0515 e. The molecule has 4 heteroatoms. The van der Waals surface area contributed by atoms with Crippen LogP contribution in [0.5, 0.6) is 0 Å². The van der Waals surface area contributed by atoms with Gasteiger partial charge in [0, 0.05) is 43.6 Å². The molecule has 112 valence electrons. The maximum Gasteiger partial charge on any atom is 0.0515 e. The molecule has 2 N–H and O–H groups in total. The summed E-state index contributed by atoms with van der Waals surface area (Å²) in [4.78, 5) is 9.24. The molecule has 0 bridgehead atoms. The molecule has 1 aromatic rings. The number of nitrogens with two attached hydrogens (primary N) is 1. The SMILES string of the molecule is CCC(N)C(c1cccnc1)N1CCN(C)C(C)(C)C1. The van der Waals surface area contributed by atoms with Crippen molar-refractivity contribution in [2.45, 2.75) is 44.8 Å². The van der Waals surface area contributed by atoms with Crippen molar-refractivity contribution in [3.8, 4) is 0 Å². The molecule has 0 radical (unpaired) electrons. The maximum atomic E-state index is 6.42. The second-order valence-electron chi connectivity index (χ2n) is 6.51. The van der Waals surface area contributed by atoms with Gasteiger partial charge in [0.15, 0.2) is 0 Å². The molecule has 1 saturated heterocycles. The van der Waals surface area contributed by atoms with E-state index in [4.69, 9.17) is 5.73 Å². The molecular weight excluding hydrogens is 248 g/mol. The fraction of sp³-hybridized carbons (Fsp3) is 0.688. The molecule has 1 aliphatic rings. The fourth-order valence-corrected chi connectivity index (χ4v) is 3.02. The van der Waals surface area contributed by atoms with Crippen LogP contribution in [0.2, 0.25) is 0 Å². The molecule has 4 nitrogen and oxygen atoms in total. The summed E-state index contributed by atoms with van der Waals surface area (Å²) in [6.07, 6.45) is 4.77. The Kier molecular flexibility index (Phi) is 4.78. The number of likely N-dealkylation sites (N-methyl/N-ethyl adjacent to an activating group) is 1. The molecule has 20 heavy (non-hydrogen) atoms. The van der Waals surface area contributed by atoms with E-state index < -0.39 is 0 Å². The molecule has 2 heterocycles. The van der Waals surface area contributed by atoms with E-state index in [1.807, 2.05) is 18.5 Å². The molecule has 0 amide bonds. The summed E-state index contributed by atoms with van der Waals surface area (Å²) in [7, 11) is 2.20. The molecule has 1 aliphatic heterocycles. The predicted molar refractivity (Wildman–Crippen MR) is 83.5 cm³/mol. The van der Waals surface area contributed by atoms with Crippen molar-refractivity contribution in [1.29, 1.82) is 0 Å². The topological polar surface area (TPSA) is 45.4 Å². The van der Waals surface area contributed by atoms with Crippen LogP contribution in [-0.4, -0.2) is 53.0 Å². The highest BCUT2D eigenvalue weighted by atomic mass is 15.3. The molecule has 0 spiro atoms. The summed E-state index contributed by atoms with van der Waals surface area (Å²) in [5, 5.41) is 0. The van der Waals surface area contributed by atoms with Crippen molar-refractivity contribution in [3.05, 3.63) is 30.1 Å². The second kappa shape index (κ2) is 6.20. The summed E-state index contributed by atoms with van der Waals surface area (Å²) in [5.74, 6) is 0. The molecule has 2 atom stereocenters. The number of piperazine rings is 1. The first-order valence-corrected chi connectivity index (χ1v) is 7.56. The normalized spacial score (nSPS) is 23.4. The van der Waals surface area contributed by atoms with Gasteiger partial charge in [0.2, 0.25) is 0 Å². The van der Waals surface area contributed by atoms with Gasteiger partial charge in [-0.3, -0.25) is 14.8 Å². The Morgan fingerprint density at radius 1 is 1.40 bits per heavy atom. The Hall–Kier alpha value is -0.970. The molecule has 0 aliphatic carbocycles. The molecule has 0 aromatic carbocycles. The van der Waals surface area contributed by atoms with E-state index in [0.717, 1.165) is 26.1 Å². The lowest BCUT2D eigenvalue weighted by Gasteiger charge is -2.49. The first kappa shape index (κ1) is 15.4. The number of aromatic nitrogens is 1. The first-order valence-electron chi connectivity index (χ1n) is 7.56. The highest BCUT2D eigenvalue weighted by Crippen LogP contribution is 2.30. The summed E-state index contributed by atoms with van der Waals surface area (Å²) >= 11 is 0. The van der Waals surface area contributed by atoms with Crippen molar-refractivity contribution < 1.29 is 0 Å². The molecule has 1 fully saturated rings. The largest absolute Gasteiger partial charge is 0.326 e. The lowest BCUT2D eigenvalue weighted by atomic mass is 9.92. The highest BCUT2D eigenvalue weighted by molar-refractivity contribution is 5.17. The van der Waals surface area contributed by atoms with E-state index in [2.05, 4.69) is 48.7 Å². The quantitative estimate of drug-likeness (QED) is 0.912. The Balaban J connectivity index is 2.24. The minimum absolute atomic E-state index is 0.151. The van der Waals surface area contributed by atoms with Gasteiger partial charge in [-0.05, 0) is 38.9 Å². The van der Waals surface area contributed by atoms with Crippen molar-refractivity contribution >= 4 is 0 Å². The van der Waals surface area contributed by atoms with Crippen molar-refractivity contribution in [1.82, 2.24) is 14.8 Å². The van der Waals surface area contributed by atoms with Gasteiger partial charge in [-0.1, -0.05) is 13.0 Å². The standard InChI is InChI=1S/C16H28N4/c1-5-14(17)15(13-7-6-8-18-11-13)20-10-9-19(4)16(2,3)12-20/h6-8,11,14-15H,5,9-10,12,17H2,1-4H3. The van der Waals surface area contributed by atoms with E-state index in [-0.39, 0.29) is 17.6 Å². The van der Waals surface area contributed by atoms with Crippen molar-refractivity contribution in [2.75, 3.05) is 26.7 Å². The lowest BCUT2D eigenvalue weighted by Crippen LogP contribution is -2.59. The van der Waals surface area contributed by atoms with Gasteiger partial charge in [-0.2, -0.15) is 0 Å². The third-order valence-electron chi connectivity index (χ3n) is 4.64. The highest BCUT2D eigenvalue weighted by Gasteiger charge is 2.36. The zero-order valence-electron chi connectivity index (χ0n) is 13.2. The minimum Gasteiger partial charge on any atom is -0.326 e. The van der Waals surface area contributed by atoms with Gasteiger partial charge in [0.1, 0.15) is 0 Å². The number of pyridine rings is 1. The Morgan fingerprint density at radius 2 is 2.15 bits per heavy atom. The predicted octanol–water partition coefficient (Wildman–Crippen LogP) is 1.89. The van der Waals surface area contributed by atoms with Crippen LogP contribution in [0.15, 0.2) is 24.5 Å². The van der Waals surface area contributed by atoms with Gasteiger partial charge in [-0.25, -0.2) is 0 Å². The summed E-state index contributed by atoms with van der Waals surface area (Å²) in [6, 6.07) is 4.57. The van der Waals surface area contributed by atoms with Crippen LogP contribution in [0, 0.1) is 0 Å². The van der Waals surface area contributed by atoms with Crippen LogP contribution in [0.3, 0.4) is 0 Å². The van der Waals surface area contributed by atoms with Gasteiger partial charge < -0.3 is 5.73 Å². The summed E-state index contributed by atoms with van der Waals surface area (Å²) in [6.45, 7) is 9.95. The number of rotatable bonds is 4. The minimum atomic E-state index is 0.151. The Bertz CT molecular complexity index is 418. The molecule has 2 unspecified atom stereocenters. The van der Waals surface area contributed by atoms with Gasteiger partial charge in [0.05, 0.1) is 6.04 Å². The van der Waals surface area contributed by atoms with E-state index >= 15 is 0 Å². The van der Waals surface area contributed by atoms with E-state index in [0.29, 0.717) is 0 Å². The van der Waals surface area contributed by atoms with Crippen molar-refractivity contribution in [2.24, 2.45) is 5.73 Å². The Labute approximate surface area is 123 Å². The lowest BCUT2D eigenvalue weighted by molar-refractivity contribution is 0.00947. The third kappa shape index (κ3) is 3.19. The van der Waals surface area contributed by atoms with Crippen LogP contribution in [0.4, 0.5) is 0 Å². The van der Waals surface area contributed by atoms with Crippen LogP contribution < -0.4 is 5.73 Å². The van der Waals surface area contributed by atoms with Crippen molar-refractivity contribution in [3.63, 3.8) is 0 Å². The van der Waals surface area contributed by atoms with Crippen LogP contribution >= 0.6 is 0 Å². The third-order valence-corrected chi connectivity index (χ3v) is 4.64. The zero-order chi connectivity index (χ0) is 14.8. The van der Waals surface area contributed by atoms with Gasteiger partial charge >= 0.3 is 0 Å². The monoisotopic (exact) mass is 276 g/mol. The van der Waals surface area contributed by atoms with Crippen LogP contribution in [0.1, 0.15) is 38.8 Å². The first-order chi connectivity index (χ1) is 9.45. The summed E-state index contributed by atoms with van der Waals surface area (Å²) in [5.41, 5.74) is 7.85. The number of nitrogens with zero attached hydrogens (tertiary/aromatic N) is 3. The summed E-state index contributed by atoms with van der Waals surface area (Å²) < 4.78 is 0. The van der Waals surface area contributed by atoms with E-state index in [9.17, 15) is 0 Å². The molecule has 1 aromatic heterocycles. The number of hydrogen-bond acceptors (Lipinski definition) is 4. The van der Waals surface area contributed by atoms with E-state index in [1.165, 1.54) is 5.56 Å². The molecule has 2 rings (SSSR count). The Morgan fingerprint density at radius 3 is 2.70 bits per heavy atom. The average Bonchev–Trinajstić information content (AvgIpc) is 2.43. The second-order valence-corrected chi connectivity index (χ2v) is 6.51. The average molecular weight is 276 g/mol. The molecule has 0 saturated carbocycles. The fourth-order valence-electron chi connectivity index (χ4n) is 3.02. The number of hydrogen-bond donors (Lipinski definition) is 1. The maximum absolute atomic E-state index is 6.42. The zero-order valence-corrected chi connectivity index (χ0v) is 13.2. The van der Waals surface area contributed by atoms with Gasteiger partial charge in [-0.15, -0.1) is 0 Å². The van der Waals surface area contributed by atoms with Crippen LogP contribution in [-0.2, 0) is 0 Å².